The predicted octanol–water partition coefficient (Wildman–Crippen LogP) is 6.17. The van der Waals surface area contributed by atoms with Gasteiger partial charge in [-0.25, -0.2) is 4.98 Å². The van der Waals surface area contributed by atoms with Crippen LogP contribution < -0.4 is 10.2 Å². The molecule has 2 N–H and O–H groups in total. The summed E-state index contributed by atoms with van der Waals surface area (Å²) in [6.07, 6.45) is 4.00. The van der Waals surface area contributed by atoms with Crippen molar-refractivity contribution in [3.63, 3.8) is 0 Å². The van der Waals surface area contributed by atoms with Crippen molar-refractivity contribution in [1.29, 1.82) is 0 Å². The highest BCUT2D eigenvalue weighted by molar-refractivity contribution is 6.31. The second kappa shape index (κ2) is 10.3. The predicted molar refractivity (Wildman–Crippen MR) is 157 cm³/mol. The summed E-state index contributed by atoms with van der Waals surface area (Å²) in [5.74, 6) is 2.23. The molecule has 3 aliphatic rings. The number of rotatable bonds is 7. The molecule has 2 saturated heterocycles. The summed E-state index contributed by atoms with van der Waals surface area (Å²) in [5, 5.41) is 14.9. The van der Waals surface area contributed by atoms with E-state index in [1.165, 1.54) is 12.8 Å². The lowest BCUT2D eigenvalue weighted by Crippen LogP contribution is -2.58. The maximum absolute atomic E-state index is 11.5. The monoisotopic (exact) mass is 547 g/mol. The zero-order valence-corrected chi connectivity index (χ0v) is 23.8. The van der Waals surface area contributed by atoms with E-state index in [0.29, 0.717) is 17.9 Å². The molecular formula is C31H38ClN5O2. The number of nitrogens with one attached hydrogen (secondary N) is 1. The van der Waals surface area contributed by atoms with E-state index >= 15 is 0 Å². The first-order chi connectivity index (χ1) is 18.7. The van der Waals surface area contributed by atoms with Gasteiger partial charge in [-0.15, -0.1) is 0 Å². The van der Waals surface area contributed by atoms with Crippen LogP contribution in [0, 0.1) is 24.2 Å². The first kappa shape index (κ1) is 26.3. The van der Waals surface area contributed by atoms with Crippen LogP contribution in [0.15, 0.2) is 42.5 Å². The summed E-state index contributed by atoms with van der Waals surface area (Å²) >= 11 is 6.57. The molecule has 1 saturated carbocycles. The summed E-state index contributed by atoms with van der Waals surface area (Å²) in [6, 6.07) is 14.8. The number of aromatic nitrogens is 2. The maximum Gasteiger partial charge on any atom is 0.309 e. The number of aryl methyl sites for hydroxylation is 1. The van der Waals surface area contributed by atoms with Crippen LogP contribution in [0.3, 0.4) is 0 Å². The van der Waals surface area contributed by atoms with Crippen LogP contribution >= 0.6 is 11.6 Å². The highest BCUT2D eigenvalue weighted by Crippen LogP contribution is 2.45. The Balaban J connectivity index is 1.14. The number of fused-ring (bicyclic) bond motifs is 1. The number of halogens is 1. The smallest absolute Gasteiger partial charge is 0.309 e. The molecule has 0 radical (unpaired) electrons. The Morgan fingerprint density at radius 1 is 1.13 bits per heavy atom. The maximum atomic E-state index is 11.5. The normalized spacial score (nSPS) is 26.6. The number of nitrogens with zero attached hydrogens (tertiary/aromatic N) is 4. The number of aliphatic carboxylic acids is 1. The van der Waals surface area contributed by atoms with E-state index in [2.05, 4.69) is 46.3 Å². The number of likely N-dealkylation sites (tertiary alicyclic amines) is 1. The molecule has 6 rings (SSSR count). The average Bonchev–Trinajstić information content (AvgIpc) is 2.86. The highest BCUT2D eigenvalue weighted by atomic mass is 35.5. The van der Waals surface area contributed by atoms with Crippen LogP contribution in [0.5, 0.6) is 0 Å². The second-order valence-corrected chi connectivity index (χ2v) is 12.7. The molecule has 3 heterocycles. The van der Waals surface area contributed by atoms with E-state index < -0.39 is 11.4 Å². The van der Waals surface area contributed by atoms with Crippen LogP contribution in [-0.4, -0.2) is 58.2 Å². The summed E-state index contributed by atoms with van der Waals surface area (Å²) < 4.78 is 0. The third-order valence-electron chi connectivity index (χ3n) is 9.32. The molecule has 2 aromatic carbocycles. The van der Waals surface area contributed by atoms with Gasteiger partial charge >= 0.3 is 5.97 Å². The van der Waals surface area contributed by atoms with E-state index in [0.717, 1.165) is 77.8 Å². The van der Waals surface area contributed by atoms with Gasteiger partial charge in [0.05, 0.1) is 17.0 Å². The molecule has 0 spiro atoms. The van der Waals surface area contributed by atoms with Gasteiger partial charge in [0.15, 0.2) is 0 Å². The molecule has 8 heteroatoms. The average molecular weight is 548 g/mol. The molecule has 2 unspecified atom stereocenters. The van der Waals surface area contributed by atoms with Crippen molar-refractivity contribution in [3.05, 3.63) is 58.6 Å². The van der Waals surface area contributed by atoms with E-state index in [1.807, 2.05) is 32.0 Å². The number of hydrogen-bond acceptors (Lipinski definition) is 6. The van der Waals surface area contributed by atoms with E-state index in [4.69, 9.17) is 21.6 Å². The molecule has 39 heavy (non-hydrogen) atoms. The fourth-order valence-corrected chi connectivity index (χ4v) is 7.12. The molecule has 2 atom stereocenters. The molecule has 0 bridgehead atoms. The Morgan fingerprint density at radius 2 is 1.90 bits per heavy atom. The number of piperidine rings is 1. The molecule has 3 aromatic rings. The fourth-order valence-electron chi connectivity index (χ4n) is 6.73. The van der Waals surface area contributed by atoms with E-state index in [1.54, 1.807) is 0 Å². The van der Waals surface area contributed by atoms with Gasteiger partial charge in [0.1, 0.15) is 5.82 Å². The Morgan fingerprint density at radius 3 is 2.64 bits per heavy atom. The van der Waals surface area contributed by atoms with Crippen molar-refractivity contribution in [3.8, 4) is 0 Å². The molecule has 206 valence electrons. The Kier molecular flexibility index (Phi) is 6.92. The fraction of sp³-hybridized carbons (Fsp3) is 0.516. The molecular weight excluding hydrogens is 510 g/mol. The van der Waals surface area contributed by atoms with Crippen molar-refractivity contribution in [1.82, 2.24) is 14.9 Å². The lowest BCUT2D eigenvalue weighted by Gasteiger charge is -2.52. The van der Waals surface area contributed by atoms with Gasteiger partial charge in [-0.05, 0) is 94.2 Å². The second-order valence-electron chi connectivity index (χ2n) is 12.3. The number of carboxylic acid groups (broad SMARTS) is 1. The quantitative estimate of drug-likeness (QED) is 0.366. The largest absolute Gasteiger partial charge is 0.481 e. The number of benzene rings is 2. The van der Waals surface area contributed by atoms with Gasteiger partial charge in [-0.3, -0.25) is 4.79 Å². The third-order valence-corrected chi connectivity index (χ3v) is 9.65. The van der Waals surface area contributed by atoms with Crippen molar-refractivity contribution >= 4 is 40.2 Å². The Bertz CT molecular complexity index is 1380. The third kappa shape index (κ3) is 5.07. The van der Waals surface area contributed by atoms with Gasteiger partial charge in [-0.2, -0.15) is 4.98 Å². The van der Waals surface area contributed by atoms with Gasteiger partial charge in [0.2, 0.25) is 5.95 Å². The molecule has 1 aliphatic carbocycles. The summed E-state index contributed by atoms with van der Waals surface area (Å²) in [5.41, 5.74) is 2.59. The summed E-state index contributed by atoms with van der Waals surface area (Å²) in [7, 11) is 0. The number of hydrogen-bond donors (Lipinski definition) is 2. The van der Waals surface area contributed by atoms with Gasteiger partial charge in [0, 0.05) is 36.1 Å². The molecule has 2 aliphatic heterocycles. The SMILES string of the molecule is Cc1ccc(C(C)Nc2nc(N3CC(C4CCCN(C5CC(C)(C(=O)O)C5)C4)C3)nc3ccccc23)c(Cl)c1. The minimum Gasteiger partial charge on any atom is -0.481 e. The number of para-hydroxylation sites is 1. The summed E-state index contributed by atoms with van der Waals surface area (Å²) in [6.45, 7) is 10.2. The van der Waals surface area contributed by atoms with Crippen LogP contribution in [0.25, 0.3) is 10.9 Å². The van der Waals surface area contributed by atoms with Crippen molar-refractivity contribution in [2.75, 3.05) is 36.4 Å². The number of anilines is 2. The standard InChI is InChI=1S/C31H38ClN5O2/c1-19-10-11-24(26(32)13-19)20(2)33-28-25-8-4-5-9-27(25)34-30(35-28)37-17-22(18-37)21-7-6-12-36(16-21)23-14-31(3,15-23)29(38)39/h4-5,8-11,13,20-23H,6-7,12,14-18H2,1-3H3,(H,38,39)(H,33,34,35). The zero-order valence-electron chi connectivity index (χ0n) is 23.0. The first-order valence-electron chi connectivity index (χ1n) is 14.2. The van der Waals surface area contributed by atoms with Crippen molar-refractivity contribution < 1.29 is 9.90 Å². The Labute approximate surface area is 235 Å². The lowest BCUT2D eigenvalue weighted by atomic mass is 9.65. The van der Waals surface area contributed by atoms with Crippen LogP contribution in [-0.2, 0) is 4.79 Å². The molecule has 0 amide bonds. The highest BCUT2D eigenvalue weighted by Gasteiger charge is 2.49. The minimum absolute atomic E-state index is 0.00361. The van der Waals surface area contributed by atoms with Gasteiger partial charge < -0.3 is 20.2 Å². The zero-order chi connectivity index (χ0) is 27.3. The van der Waals surface area contributed by atoms with Crippen LogP contribution in [0.2, 0.25) is 5.02 Å². The summed E-state index contributed by atoms with van der Waals surface area (Å²) in [4.78, 5) is 26.3. The molecule has 7 nitrogen and oxygen atoms in total. The topological polar surface area (TPSA) is 81.6 Å². The Hall–Kier alpha value is -2.90. The van der Waals surface area contributed by atoms with E-state index in [9.17, 15) is 9.90 Å². The first-order valence-corrected chi connectivity index (χ1v) is 14.6. The van der Waals surface area contributed by atoms with Gasteiger partial charge in [-0.1, -0.05) is 35.9 Å². The van der Waals surface area contributed by atoms with Crippen LogP contribution in [0.1, 0.15) is 56.7 Å². The van der Waals surface area contributed by atoms with Crippen molar-refractivity contribution in [2.24, 2.45) is 17.3 Å². The molecule has 3 fully saturated rings. The number of carboxylic acids is 1. The van der Waals surface area contributed by atoms with E-state index in [-0.39, 0.29) is 6.04 Å². The van der Waals surface area contributed by atoms with Crippen LogP contribution in [0.4, 0.5) is 11.8 Å². The van der Waals surface area contributed by atoms with Crippen molar-refractivity contribution in [2.45, 2.75) is 58.5 Å². The lowest BCUT2D eigenvalue weighted by molar-refractivity contribution is -0.158. The van der Waals surface area contributed by atoms with Gasteiger partial charge in [0.25, 0.3) is 0 Å². The number of carbonyl (C=O) groups is 1. The minimum atomic E-state index is -0.650. The molecule has 1 aromatic heterocycles.